The van der Waals surface area contributed by atoms with Crippen molar-refractivity contribution in [3.05, 3.63) is 17.8 Å². The van der Waals surface area contributed by atoms with Crippen LogP contribution in [0.15, 0.2) is 10.6 Å². The van der Waals surface area contributed by atoms with Gasteiger partial charge < -0.3 is 9.73 Å². The standard InChI is InChI=1S/C11H16F2N2O/c1-11(12,13)9-7-15-10(16-9)5-8-3-2-4-14-6-8/h7-8,14H,2-6H2,1H3. The zero-order valence-corrected chi connectivity index (χ0v) is 9.30. The fourth-order valence-electron chi connectivity index (χ4n) is 1.95. The predicted molar refractivity (Wildman–Crippen MR) is 55.4 cm³/mol. The molecule has 0 aromatic carbocycles. The van der Waals surface area contributed by atoms with Gasteiger partial charge in [-0.15, -0.1) is 0 Å². The lowest BCUT2D eigenvalue weighted by molar-refractivity contribution is -0.00646. The van der Waals surface area contributed by atoms with Crippen LogP contribution in [0.3, 0.4) is 0 Å². The van der Waals surface area contributed by atoms with Crippen LogP contribution in [0.2, 0.25) is 0 Å². The minimum Gasteiger partial charge on any atom is -0.439 e. The van der Waals surface area contributed by atoms with Crippen molar-refractivity contribution in [2.45, 2.75) is 32.1 Å². The van der Waals surface area contributed by atoms with Crippen molar-refractivity contribution < 1.29 is 13.2 Å². The molecule has 1 aromatic rings. The van der Waals surface area contributed by atoms with Crippen molar-refractivity contribution >= 4 is 0 Å². The Labute approximate surface area is 93.2 Å². The maximum absolute atomic E-state index is 12.9. The molecule has 1 unspecified atom stereocenters. The molecule has 1 fully saturated rings. The molecule has 0 bridgehead atoms. The maximum Gasteiger partial charge on any atom is 0.303 e. The number of aromatic nitrogens is 1. The van der Waals surface area contributed by atoms with E-state index in [0.717, 1.165) is 39.1 Å². The SMILES string of the molecule is CC(F)(F)c1cnc(CC2CCCNC2)o1. The lowest BCUT2D eigenvalue weighted by Crippen LogP contribution is -2.30. The molecule has 1 atom stereocenters. The Morgan fingerprint density at radius 2 is 2.44 bits per heavy atom. The maximum atomic E-state index is 12.9. The number of nitrogens with zero attached hydrogens (tertiary/aromatic N) is 1. The first kappa shape index (κ1) is 11.5. The van der Waals surface area contributed by atoms with Gasteiger partial charge in [0.2, 0.25) is 0 Å². The molecule has 16 heavy (non-hydrogen) atoms. The predicted octanol–water partition coefficient (Wildman–Crippen LogP) is 2.33. The second kappa shape index (κ2) is 4.49. The third-order valence-electron chi connectivity index (χ3n) is 2.85. The second-order valence-electron chi connectivity index (χ2n) is 4.42. The smallest absolute Gasteiger partial charge is 0.303 e. The van der Waals surface area contributed by atoms with E-state index in [1.807, 2.05) is 0 Å². The minimum atomic E-state index is -2.93. The molecule has 2 rings (SSSR count). The second-order valence-corrected chi connectivity index (χ2v) is 4.42. The Morgan fingerprint density at radius 1 is 1.62 bits per heavy atom. The van der Waals surface area contributed by atoms with E-state index in [2.05, 4.69) is 10.3 Å². The first-order valence-corrected chi connectivity index (χ1v) is 5.59. The largest absolute Gasteiger partial charge is 0.439 e. The molecule has 90 valence electrons. The van der Waals surface area contributed by atoms with E-state index in [4.69, 9.17) is 4.42 Å². The number of alkyl halides is 2. The van der Waals surface area contributed by atoms with Gasteiger partial charge in [-0.1, -0.05) is 0 Å². The van der Waals surface area contributed by atoms with Crippen LogP contribution >= 0.6 is 0 Å². The normalized spacial score (nSPS) is 22.3. The van der Waals surface area contributed by atoms with Gasteiger partial charge in [0.25, 0.3) is 0 Å². The molecule has 5 heteroatoms. The Hall–Kier alpha value is -0.970. The number of oxazole rings is 1. The highest BCUT2D eigenvalue weighted by atomic mass is 19.3. The summed E-state index contributed by atoms with van der Waals surface area (Å²) in [7, 11) is 0. The number of hydrogen-bond donors (Lipinski definition) is 1. The first-order chi connectivity index (χ1) is 7.55. The van der Waals surface area contributed by atoms with E-state index in [9.17, 15) is 8.78 Å². The third kappa shape index (κ3) is 2.78. The summed E-state index contributed by atoms with van der Waals surface area (Å²) in [6.07, 6.45) is 4.00. The molecular formula is C11H16F2N2O. The van der Waals surface area contributed by atoms with Crippen LogP contribution in [0, 0.1) is 5.92 Å². The highest BCUT2D eigenvalue weighted by Gasteiger charge is 2.29. The third-order valence-corrected chi connectivity index (χ3v) is 2.85. The molecule has 0 saturated carbocycles. The molecule has 0 aliphatic carbocycles. The zero-order valence-electron chi connectivity index (χ0n) is 9.30. The Balaban J connectivity index is 1.97. The van der Waals surface area contributed by atoms with Crippen molar-refractivity contribution in [3.8, 4) is 0 Å². The van der Waals surface area contributed by atoms with Gasteiger partial charge in [0.05, 0.1) is 6.20 Å². The molecule has 1 aromatic heterocycles. The van der Waals surface area contributed by atoms with Gasteiger partial charge in [0.1, 0.15) is 0 Å². The van der Waals surface area contributed by atoms with Gasteiger partial charge >= 0.3 is 5.92 Å². The monoisotopic (exact) mass is 230 g/mol. The molecule has 0 radical (unpaired) electrons. The number of rotatable bonds is 3. The average molecular weight is 230 g/mol. The summed E-state index contributed by atoms with van der Waals surface area (Å²) < 4.78 is 30.9. The minimum absolute atomic E-state index is 0.341. The lowest BCUT2D eigenvalue weighted by atomic mass is 9.96. The Kier molecular flexibility index (Phi) is 3.23. The summed E-state index contributed by atoms with van der Waals surface area (Å²) in [4.78, 5) is 3.90. The van der Waals surface area contributed by atoms with Gasteiger partial charge in [0.15, 0.2) is 11.7 Å². The van der Waals surface area contributed by atoms with Crippen LogP contribution in [-0.4, -0.2) is 18.1 Å². The van der Waals surface area contributed by atoms with Crippen LogP contribution in [0.1, 0.15) is 31.4 Å². The van der Waals surface area contributed by atoms with Crippen LogP contribution in [0.25, 0.3) is 0 Å². The van der Waals surface area contributed by atoms with Gasteiger partial charge in [-0.25, -0.2) is 4.98 Å². The van der Waals surface area contributed by atoms with Crippen LogP contribution < -0.4 is 5.32 Å². The van der Waals surface area contributed by atoms with Gasteiger partial charge in [-0.05, 0) is 31.8 Å². The number of halogens is 2. The van der Waals surface area contributed by atoms with E-state index in [1.165, 1.54) is 0 Å². The highest BCUT2D eigenvalue weighted by Crippen LogP contribution is 2.28. The van der Waals surface area contributed by atoms with Crippen molar-refractivity contribution in [1.29, 1.82) is 0 Å². The summed E-state index contributed by atoms with van der Waals surface area (Å²) in [5.41, 5.74) is 0. The summed E-state index contributed by atoms with van der Waals surface area (Å²) in [6.45, 7) is 2.78. The molecule has 1 aliphatic rings. The zero-order chi connectivity index (χ0) is 11.6. The van der Waals surface area contributed by atoms with E-state index in [0.29, 0.717) is 18.2 Å². The number of nitrogens with one attached hydrogen (secondary N) is 1. The first-order valence-electron chi connectivity index (χ1n) is 5.59. The Bertz CT molecular complexity index is 340. The fraction of sp³-hybridized carbons (Fsp3) is 0.727. The molecule has 1 aliphatic heterocycles. The highest BCUT2D eigenvalue weighted by molar-refractivity contribution is 5.01. The fourth-order valence-corrected chi connectivity index (χ4v) is 1.95. The summed E-state index contributed by atoms with van der Waals surface area (Å²) in [6, 6.07) is 0. The quantitative estimate of drug-likeness (QED) is 0.866. The summed E-state index contributed by atoms with van der Waals surface area (Å²) in [5.74, 6) is -2.40. The van der Waals surface area contributed by atoms with Crippen molar-refractivity contribution in [1.82, 2.24) is 10.3 Å². The van der Waals surface area contributed by atoms with Gasteiger partial charge in [-0.2, -0.15) is 8.78 Å². The summed E-state index contributed by atoms with van der Waals surface area (Å²) >= 11 is 0. The average Bonchev–Trinajstić information content (AvgIpc) is 2.67. The lowest BCUT2D eigenvalue weighted by Gasteiger charge is -2.21. The number of piperidine rings is 1. The van der Waals surface area contributed by atoms with E-state index >= 15 is 0 Å². The van der Waals surface area contributed by atoms with Gasteiger partial charge in [-0.3, -0.25) is 0 Å². The van der Waals surface area contributed by atoms with Crippen LogP contribution in [-0.2, 0) is 12.3 Å². The van der Waals surface area contributed by atoms with Gasteiger partial charge in [0, 0.05) is 13.3 Å². The molecule has 1 saturated heterocycles. The molecule has 0 spiro atoms. The van der Waals surface area contributed by atoms with Crippen LogP contribution in [0.5, 0.6) is 0 Å². The Morgan fingerprint density at radius 3 is 3.00 bits per heavy atom. The van der Waals surface area contributed by atoms with Crippen molar-refractivity contribution in [2.24, 2.45) is 5.92 Å². The topological polar surface area (TPSA) is 38.1 Å². The van der Waals surface area contributed by atoms with E-state index in [-0.39, 0.29) is 5.76 Å². The molecule has 0 amide bonds. The number of hydrogen-bond acceptors (Lipinski definition) is 3. The summed E-state index contributed by atoms with van der Waals surface area (Å²) in [5, 5.41) is 3.27. The van der Waals surface area contributed by atoms with E-state index in [1.54, 1.807) is 0 Å². The van der Waals surface area contributed by atoms with Crippen LogP contribution in [0.4, 0.5) is 8.78 Å². The van der Waals surface area contributed by atoms with Crippen molar-refractivity contribution in [2.75, 3.05) is 13.1 Å². The van der Waals surface area contributed by atoms with Crippen molar-refractivity contribution in [3.63, 3.8) is 0 Å². The molecule has 3 nitrogen and oxygen atoms in total. The molecule has 1 N–H and O–H groups in total. The molecular weight excluding hydrogens is 214 g/mol. The van der Waals surface area contributed by atoms with E-state index < -0.39 is 5.92 Å². The molecule has 2 heterocycles.